The molecule has 0 amide bonds. The molecule has 1 aromatic carbocycles. The van der Waals surface area contributed by atoms with Gasteiger partial charge in [0, 0.05) is 6.04 Å². The van der Waals surface area contributed by atoms with E-state index >= 15 is 0 Å². The van der Waals surface area contributed by atoms with E-state index in [0.717, 1.165) is 19.6 Å². The fourth-order valence-electron chi connectivity index (χ4n) is 2.53. The molecule has 0 saturated heterocycles. The third kappa shape index (κ3) is 3.31. The quantitative estimate of drug-likeness (QED) is 0.442. The van der Waals surface area contributed by atoms with Gasteiger partial charge in [-0.15, -0.1) is 0 Å². The number of unbranched alkanes of at least 4 members (excludes halogenated alkanes) is 3. The zero-order valence-electron chi connectivity index (χ0n) is 11.2. The van der Waals surface area contributed by atoms with Gasteiger partial charge in [-0.25, -0.2) is 0 Å². The van der Waals surface area contributed by atoms with E-state index in [1.807, 2.05) is 0 Å². The Morgan fingerprint density at radius 3 is 2.83 bits per heavy atom. The fraction of sp³-hybridized carbons (Fsp3) is 0.600. The summed E-state index contributed by atoms with van der Waals surface area (Å²) in [5, 5.41) is 0. The Bertz CT molecular complexity index is 379. The predicted molar refractivity (Wildman–Crippen MR) is 73.8 cm³/mol. The molecule has 0 radical (unpaired) electrons. The normalized spacial score (nSPS) is 15.7. The van der Waals surface area contributed by atoms with Gasteiger partial charge in [-0.2, -0.15) is 0 Å². The maximum absolute atomic E-state index is 5.68. The van der Waals surface area contributed by atoms with Gasteiger partial charge >= 0.3 is 0 Å². The minimum absolute atomic E-state index is 0.271. The molecule has 1 aliphatic heterocycles. The number of hydrogen-bond donors (Lipinski definition) is 2. The summed E-state index contributed by atoms with van der Waals surface area (Å²) < 4.78 is 5.44. The van der Waals surface area contributed by atoms with Crippen LogP contribution in [-0.2, 0) is 18.0 Å². The van der Waals surface area contributed by atoms with Crippen LogP contribution >= 0.6 is 0 Å². The van der Waals surface area contributed by atoms with E-state index in [1.165, 1.54) is 42.4 Å². The number of hydrazine groups is 1. The Labute approximate surface area is 110 Å². The van der Waals surface area contributed by atoms with Crippen molar-refractivity contribution in [2.45, 2.75) is 58.3 Å². The largest absolute Gasteiger partial charge is 0.372 e. The summed E-state index contributed by atoms with van der Waals surface area (Å²) in [7, 11) is 0. The summed E-state index contributed by atoms with van der Waals surface area (Å²) in [5.41, 5.74) is 6.88. The minimum Gasteiger partial charge on any atom is -0.372 e. The molecule has 3 heteroatoms. The van der Waals surface area contributed by atoms with Gasteiger partial charge in [0.25, 0.3) is 0 Å². The second-order valence-corrected chi connectivity index (χ2v) is 5.09. The van der Waals surface area contributed by atoms with E-state index < -0.39 is 0 Å². The molecular formula is C15H24N2O. The number of fused-ring (bicyclic) bond motifs is 1. The van der Waals surface area contributed by atoms with Crippen LogP contribution in [0, 0.1) is 0 Å². The van der Waals surface area contributed by atoms with E-state index in [4.69, 9.17) is 10.6 Å². The number of ether oxygens (including phenoxy) is 1. The van der Waals surface area contributed by atoms with Crippen molar-refractivity contribution in [1.29, 1.82) is 0 Å². The van der Waals surface area contributed by atoms with Gasteiger partial charge in [0.1, 0.15) is 0 Å². The van der Waals surface area contributed by atoms with Gasteiger partial charge in [0.2, 0.25) is 0 Å². The summed E-state index contributed by atoms with van der Waals surface area (Å²) in [5.74, 6) is 5.68. The third-order valence-electron chi connectivity index (χ3n) is 3.70. The molecule has 3 nitrogen and oxygen atoms in total. The molecule has 1 aliphatic rings. The first-order chi connectivity index (χ1) is 8.85. The highest BCUT2D eigenvalue weighted by Crippen LogP contribution is 2.26. The van der Waals surface area contributed by atoms with Gasteiger partial charge in [-0.3, -0.25) is 11.3 Å². The monoisotopic (exact) mass is 248 g/mol. The lowest BCUT2D eigenvalue weighted by Crippen LogP contribution is -2.28. The first-order valence-electron chi connectivity index (χ1n) is 7.00. The summed E-state index contributed by atoms with van der Waals surface area (Å²) in [6.07, 6.45) is 6.22. The average Bonchev–Trinajstić information content (AvgIpc) is 2.86. The van der Waals surface area contributed by atoms with Crippen LogP contribution in [0.4, 0.5) is 0 Å². The van der Waals surface area contributed by atoms with Crippen molar-refractivity contribution in [2.24, 2.45) is 5.84 Å². The maximum Gasteiger partial charge on any atom is 0.0725 e. The lowest BCUT2D eigenvalue weighted by Gasteiger charge is -2.17. The molecule has 0 bridgehead atoms. The smallest absolute Gasteiger partial charge is 0.0725 e. The fourth-order valence-corrected chi connectivity index (χ4v) is 2.53. The first-order valence-corrected chi connectivity index (χ1v) is 7.00. The molecule has 0 spiro atoms. The van der Waals surface area contributed by atoms with Crippen LogP contribution in [0.5, 0.6) is 0 Å². The third-order valence-corrected chi connectivity index (χ3v) is 3.70. The Hall–Kier alpha value is -0.900. The minimum atomic E-state index is 0.271. The van der Waals surface area contributed by atoms with Crippen LogP contribution < -0.4 is 11.3 Å². The number of rotatable bonds is 7. The predicted octanol–water partition coefficient (Wildman–Crippen LogP) is 3.19. The molecule has 1 atom stereocenters. The Balaban J connectivity index is 1.94. The van der Waals surface area contributed by atoms with Crippen LogP contribution in [0.3, 0.4) is 0 Å². The van der Waals surface area contributed by atoms with Crippen molar-refractivity contribution < 1.29 is 4.74 Å². The zero-order valence-corrected chi connectivity index (χ0v) is 11.2. The van der Waals surface area contributed by atoms with E-state index in [-0.39, 0.29) is 6.04 Å². The second kappa shape index (κ2) is 6.88. The summed E-state index contributed by atoms with van der Waals surface area (Å²) >= 11 is 0. The molecular weight excluding hydrogens is 224 g/mol. The van der Waals surface area contributed by atoms with Crippen molar-refractivity contribution in [1.82, 2.24) is 5.43 Å². The molecule has 2 rings (SSSR count). The van der Waals surface area contributed by atoms with Gasteiger partial charge in [-0.1, -0.05) is 50.8 Å². The van der Waals surface area contributed by atoms with Crippen molar-refractivity contribution in [3.8, 4) is 0 Å². The number of hydrogen-bond acceptors (Lipinski definition) is 3. The van der Waals surface area contributed by atoms with Crippen LogP contribution in [0.1, 0.15) is 61.8 Å². The molecule has 3 N–H and O–H groups in total. The zero-order chi connectivity index (χ0) is 12.8. The van der Waals surface area contributed by atoms with Crippen LogP contribution in [0.15, 0.2) is 18.2 Å². The van der Waals surface area contributed by atoms with Gasteiger partial charge in [-0.05, 0) is 23.1 Å². The first kappa shape index (κ1) is 13.5. The van der Waals surface area contributed by atoms with Crippen LogP contribution in [0.2, 0.25) is 0 Å². The maximum atomic E-state index is 5.68. The van der Waals surface area contributed by atoms with Crippen molar-refractivity contribution in [2.75, 3.05) is 0 Å². The summed E-state index contributed by atoms with van der Waals surface area (Å²) in [4.78, 5) is 0. The number of nitrogens with one attached hydrogen (secondary N) is 1. The number of nitrogens with two attached hydrogens (primary N) is 1. The van der Waals surface area contributed by atoms with Gasteiger partial charge in [0.15, 0.2) is 0 Å². The SMILES string of the molecule is CCCCCCC(NN)c1ccc2c(c1)COC2. The molecule has 0 aliphatic carbocycles. The molecule has 18 heavy (non-hydrogen) atoms. The lowest BCUT2D eigenvalue weighted by molar-refractivity contribution is 0.134. The van der Waals surface area contributed by atoms with E-state index in [0.29, 0.717) is 0 Å². The Kier molecular flexibility index (Phi) is 5.17. The van der Waals surface area contributed by atoms with E-state index in [9.17, 15) is 0 Å². The second-order valence-electron chi connectivity index (χ2n) is 5.09. The number of benzene rings is 1. The molecule has 1 heterocycles. The Morgan fingerprint density at radius 2 is 2.06 bits per heavy atom. The molecule has 1 aromatic rings. The standard InChI is InChI=1S/C15H24N2O/c1-2-3-4-5-6-15(17-16)12-7-8-13-10-18-11-14(13)9-12/h7-9,15,17H,2-6,10-11,16H2,1H3. The molecule has 100 valence electrons. The molecule has 1 unspecified atom stereocenters. The highest BCUT2D eigenvalue weighted by Gasteiger charge is 2.15. The molecule has 0 aromatic heterocycles. The van der Waals surface area contributed by atoms with Crippen molar-refractivity contribution in [3.63, 3.8) is 0 Å². The highest BCUT2D eigenvalue weighted by molar-refractivity contribution is 5.34. The van der Waals surface area contributed by atoms with Gasteiger partial charge in [0.05, 0.1) is 13.2 Å². The molecule has 0 saturated carbocycles. The summed E-state index contributed by atoms with van der Waals surface area (Å²) in [6.45, 7) is 3.74. The Morgan fingerprint density at radius 1 is 1.22 bits per heavy atom. The van der Waals surface area contributed by atoms with Gasteiger partial charge < -0.3 is 4.74 Å². The lowest BCUT2D eigenvalue weighted by atomic mass is 9.97. The van der Waals surface area contributed by atoms with Crippen LogP contribution in [0.25, 0.3) is 0 Å². The van der Waals surface area contributed by atoms with E-state index in [1.54, 1.807) is 0 Å². The van der Waals surface area contributed by atoms with Crippen LogP contribution in [-0.4, -0.2) is 0 Å². The molecule has 0 fully saturated rings. The summed E-state index contributed by atoms with van der Waals surface area (Å²) in [6, 6.07) is 6.87. The average molecular weight is 248 g/mol. The van der Waals surface area contributed by atoms with Crippen molar-refractivity contribution >= 4 is 0 Å². The van der Waals surface area contributed by atoms with E-state index in [2.05, 4.69) is 30.5 Å². The topological polar surface area (TPSA) is 47.3 Å². The van der Waals surface area contributed by atoms with Crippen molar-refractivity contribution in [3.05, 3.63) is 34.9 Å². The highest BCUT2D eigenvalue weighted by atomic mass is 16.5.